The van der Waals surface area contributed by atoms with E-state index in [-0.39, 0.29) is 0 Å². The second kappa shape index (κ2) is 18.9. The van der Waals surface area contributed by atoms with Gasteiger partial charge < -0.3 is 27.6 Å². The van der Waals surface area contributed by atoms with Crippen molar-refractivity contribution in [3.8, 4) is 57.4 Å². The van der Waals surface area contributed by atoms with Crippen LogP contribution in [0.2, 0.25) is 0 Å². The van der Waals surface area contributed by atoms with Gasteiger partial charge in [0.05, 0.1) is 120 Å². The SMILES string of the molecule is [C-]#[N+]c1ccc2c(c1)c1ccccc1n2-c1cnc2c(c1)C1(c3ccc(-n4c5ccccc5c5ccccc54)cc3Oc3cc(-n4c5ccccc5c5cc(-n6c7ccccc7c7ccncc76)ccc54)ccc31)c1cc(-n3c4ccccc4c4cc(C#N)ccc43)cnc1-2. The van der Waals surface area contributed by atoms with Crippen LogP contribution in [0.1, 0.15) is 27.8 Å². The first-order valence-electron chi connectivity index (χ1n) is 31.7. The van der Waals surface area contributed by atoms with Gasteiger partial charge in [-0.05, 0) is 121 Å². The van der Waals surface area contributed by atoms with E-state index in [0.717, 1.165) is 155 Å². The first-order chi connectivity index (χ1) is 47.0. The Morgan fingerprint density at radius 2 is 0.716 bits per heavy atom. The maximum absolute atomic E-state index is 10.2. The summed E-state index contributed by atoms with van der Waals surface area (Å²) in [6.45, 7) is 8.03. The number of hydrogen-bond acceptors (Lipinski definition) is 5. The third-order valence-corrected chi connectivity index (χ3v) is 20.3. The monoisotopic (exact) mass is 1210 g/mol. The van der Waals surface area contributed by atoms with E-state index in [1.807, 2.05) is 49.1 Å². The van der Waals surface area contributed by atoms with Gasteiger partial charge in [-0.15, -0.1) is 0 Å². The predicted octanol–water partition coefficient (Wildman–Crippen LogP) is 20.2. The predicted molar refractivity (Wildman–Crippen MR) is 380 cm³/mol. The van der Waals surface area contributed by atoms with Crippen LogP contribution in [-0.4, -0.2) is 37.8 Å². The van der Waals surface area contributed by atoms with Gasteiger partial charge in [-0.25, -0.2) is 4.85 Å². The molecule has 0 N–H and O–H groups in total. The lowest BCUT2D eigenvalue weighted by Gasteiger charge is -2.39. The van der Waals surface area contributed by atoms with E-state index in [1.54, 1.807) is 0 Å². The lowest BCUT2D eigenvalue weighted by Crippen LogP contribution is -2.32. The van der Waals surface area contributed by atoms with Crippen molar-refractivity contribution in [2.24, 2.45) is 0 Å². The highest BCUT2D eigenvalue weighted by Gasteiger charge is 2.53. The molecule has 0 saturated heterocycles. The van der Waals surface area contributed by atoms with Gasteiger partial charge in [-0.2, -0.15) is 5.26 Å². The molecule has 1 unspecified atom stereocenters. The van der Waals surface area contributed by atoms with Crippen molar-refractivity contribution in [2.75, 3.05) is 0 Å². The summed E-state index contributed by atoms with van der Waals surface area (Å²) in [7, 11) is 0. The highest BCUT2D eigenvalue weighted by molar-refractivity contribution is 6.15. The van der Waals surface area contributed by atoms with E-state index < -0.39 is 5.41 Å². The summed E-state index contributed by atoms with van der Waals surface area (Å²) in [6, 6.07) is 92.7. The largest absolute Gasteiger partial charge is 0.457 e. The molecule has 0 radical (unpaired) electrons. The van der Waals surface area contributed by atoms with Gasteiger partial charge >= 0.3 is 0 Å². The molecule has 0 amide bonds. The quantitative estimate of drug-likeness (QED) is 0.160. The zero-order chi connectivity index (χ0) is 62.4. The summed E-state index contributed by atoms with van der Waals surface area (Å²) in [4.78, 5) is 19.7. The number of fused-ring (bicyclic) bond motifs is 24. The minimum absolute atomic E-state index is 0.579. The molecule has 1 atom stereocenters. The smallest absolute Gasteiger partial charge is 0.188 e. The Bertz CT molecular complexity index is 6470. The molecule has 1 aliphatic heterocycles. The van der Waals surface area contributed by atoms with E-state index in [1.165, 1.54) is 16.2 Å². The van der Waals surface area contributed by atoms with Crippen LogP contribution in [0, 0.1) is 17.9 Å². The van der Waals surface area contributed by atoms with Gasteiger partial charge in [0, 0.05) is 106 Å². The lowest BCUT2D eigenvalue weighted by atomic mass is 9.66. The van der Waals surface area contributed by atoms with Crippen LogP contribution in [0.3, 0.4) is 0 Å². The first-order valence-corrected chi connectivity index (χ1v) is 31.7. The number of benzene rings is 11. The fourth-order valence-electron chi connectivity index (χ4n) is 16.5. The molecular formula is C84H46N10O. The molecule has 2 aliphatic rings. The molecule has 1 spiro atoms. The Kier molecular flexibility index (Phi) is 10.2. The van der Waals surface area contributed by atoms with Gasteiger partial charge in [0.15, 0.2) is 5.69 Å². The number of hydrogen-bond donors (Lipinski definition) is 0. The number of ether oxygens (including phenoxy) is 1. The Hall–Kier alpha value is -13.4. The molecule has 9 heterocycles. The maximum Gasteiger partial charge on any atom is 0.188 e. The van der Waals surface area contributed by atoms with Crippen molar-refractivity contribution in [2.45, 2.75) is 5.41 Å². The summed E-state index contributed by atoms with van der Waals surface area (Å²) in [5.41, 5.74) is 20.4. The number of pyridine rings is 3. The molecule has 8 aromatic heterocycles. The molecule has 11 nitrogen and oxygen atoms in total. The summed E-state index contributed by atoms with van der Waals surface area (Å²) in [6.07, 6.45) is 7.80. The average Bonchev–Trinajstić information content (AvgIpc) is 1.55. The molecule has 19 aromatic rings. The molecule has 438 valence electrons. The van der Waals surface area contributed by atoms with Crippen molar-refractivity contribution in [1.82, 2.24) is 37.8 Å². The summed E-state index contributed by atoms with van der Waals surface area (Å²) in [5, 5.41) is 21.2. The van der Waals surface area contributed by atoms with Crippen molar-refractivity contribution in [1.29, 1.82) is 5.26 Å². The van der Waals surface area contributed by atoms with Crippen LogP contribution in [0.5, 0.6) is 11.5 Å². The zero-order valence-corrected chi connectivity index (χ0v) is 50.4. The molecule has 0 saturated carbocycles. The Balaban J connectivity index is 0.857. The highest BCUT2D eigenvalue weighted by atomic mass is 16.5. The number of nitrogens with zero attached hydrogens (tertiary/aromatic N) is 10. The third kappa shape index (κ3) is 6.81. The van der Waals surface area contributed by atoms with Gasteiger partial charge in [-0.1, -0.05) is 127 Å². The first kappa shape index (κ1) is 51.4. The number of nitriles is 1. The van der Waals surface area contributed by atoms with E-state index >= 15 is 0 Å². The van der Waals surface area contributed by atoms with E-state index in [9.17, 15) is 5.26 Å². The van der Waals surface area contributed by atoms with Crippen LogP contribution in [0.4, 0.5) is 5.69 Å². The fourth-order valence-corrected chi connectivity index (χ4v) is 16.5. The number of rotatable bonds is 5. The highest BCUT2D eigenvalue weighted by Crippen LogP contribution is 2.63. The minimum atomic E-state index is -1.10. The Morgan fingerprint density at radius 1 is 0.337 bits per heavy atom. The van der Waals surface area contributed by atoms with Gasteiger partial charge in [-0.3, -0.25) is 15.0 Å². The van der Waals surface area contributed by atoms with Crippen LogP contribution >= 0.6 is 0 Å². The molecule has 11 heteroatoms. The number of aromatic nitrogens is 8. The summed E-state index contributed by atoms with van der Waals surface area (Å²) in [5.74, 6) is 1.38. The second-order valence-electron chi connectivity index (χ2n) is 24.9. The van der Waals surface area contributed by atoms with Crippen LogP contribution < -0.4 is 4.74 Å². The Morgan fingerprint density at radius 3 is 1.20 bits per heavy atom. The maximum atomic E-state index is 10.2. The Labute approximate surface area is 541 Å². The lowest BCUT2D eigenvalue weighted by molar-refractivity contribution is 0.436. The number of para-hydroxylation sites is 6. The van der Waals surface area contributed by atoms with Crippen molar-refractivity contribution < 1.29 is 4.74 Å². The fraction of sp³-hybridized carbons (Fsp3) is 0.0119. The van der Waals surface area contributed by atoms with Crippen molar-refractivity contribution in [3.63, 3.8) is 0 Å². The van der Waals surface area contributed by atoms with Crippen molar-refractivity contribution >= 4 is 115 Å². The third-order valence-electron chi connectivity index (χ3n) is 20.3. The molecule has 0 fully saturated rings. The van der Waals surface area contributed by atoms with Crippen molar-refractivity contribution in [3.05, 3.63) is 319 Å². The van der Waals surface area contributed by atoms with Gasteiger partial charge in [0.25, 0.3) is 0 Å². The van der Waals surface area contributed by atoms with E-state index in [4.69, 9.17) is 21.3 Å². The van der Waals surface area contributed by atoms with E-state index in [0.29, 0.717) is 22.7 Å². The average molecular weight is 1210 g/mol. The summed E-state index contributed by atoms with van der Waals surface area (Å²) >= 11 is 0. The van der Waals surface area contributed by atoms with E-state index in [2.05, 4.69) is 269 Å². The normalized spacial score (nSPS) is 14.0. The summed E-state index contributed by atoms with van der Waals surface area (Å²) < 4.78 is 19.3. The zero-order valence-electron chi connectivity index (χ0n) is 50.4. The minimum Gasteiger partial charge on any atom is -0.457 e. The topological polar surface area (TPSA) is 101 Å². The molecule has 95 heavy (non-hydrogen) atoms. The standard InChI is InChI=1S/C84H46N10O/c1-86-50-27-34-77-64(39-50)60-18-6-13-25-75(60)94(77)55-42-69-83(89-47-55)82-68(41-54(46-88-82)93-74-24-12-5-17-59(74)63-38-49(45-85)26-33-76(63)93)84(69)66-31-28-52(90-70-20-8-2-14-56(70)57-15-3-9-21-71(57)90)43-80(66)95-81-44-53(29-32-67(81)84)91-73-23-11-7-19-61(73)65-40-51(30-35-78(65)91)92-72-22-10-4-16-58(72)62-36-37-87-48-79(62)92/h2-44,46-48H. The van der Waals surface area contributed by atoms with Gasteiger partial charge in [0.2, 0.25) is 0 Å². The molecule has 1 aliphatic carbocycles. The molecule has 11 aromatic carbocycles. The van der Waals surface area contributed by atoms with Crippen LogP contribution in [0.25, 0.3) is 154 Å². The molecule has 21 rings (SSSR count). The van der Waals surface area contributed by atoms with Gasteiger partial charge in [0.1, 0.15) is 11.5 Å². The second-order valence-corrected chi connectivity index (χ2v) is 24.9. The van der Waals surface area contributed by atoms with Crippen LogP contribution in [0.15, 0.2) is 280 Å². The molecule has 0 bridgehead atoms. The van der Waals surface area contributed by atoms with Crippen LogP contribution in [-0.2, 0) is 5.41 Å². The molecular weight excluding hydrogens is 1160 g/mol.